The van der Waals surface area contributed by atoms with Crippen molar-refractivity contribution in [2.45, 2.75) is 11.7 Å². The molecule has 0 heterocycles. The fourth-order valence-electron chi connectivity index (χ4n) is 1.29. The SMILES string of the molecule is Cc1ccc([CH]([Al])C(=O)O)c(C(N)=O)c1. The number of carboxylic acid groups (broad SMARTS) is 1. The van der Waals surface area contributed by atoms with E-state index in [2.05, 4.69) is 16.3 Å². The summed E-state index contributed by atoms with van der Waals surface area (Å²) in [7, 11) is 0. The molecule has 76 valence electrons. The van der Waals surface area contributed by atoms with Crippen molar-refractivity contribution in [2.75, 3.05) is 0 Å². The van der Waals surface area contributed by atoms with E-state index in [0.29, 0.717) is 5.56 Å². The van der Waals surface area contributed by atoms with E-state index in [4.69, 9.17) is 10.8 Å². The summed E-state index contributed by atoms with van der Waals surface area (Å²) in [5.74, 6) is -1.62. The molecule has 0 bridgehead atoms. The van der Waals surface area contributed by atoms with Crippen LogP contribution in [0.1, 0.15) is 26.3 Å². The lowest BCUT2D eigenvalue weighted by molar-refractivity contribution is -0.136. The van der Waals surface area contributed by atoms with E-state index in [0.717, 1.165) is 5.56 Å². The van der Waals surface area contributed by atoms with Crippen LogP contribution in [0, 0.1) is 6.92 Å². The zero-order valence-corrected chi connectivity index (χ0v) is 9.38. The van der Waals surface area contributed by atoms with Gasteiger partial charge in [-0.25, -0.2) is 0 Å². The van der Waals surface area contributed by atoms with Crippen LogP contribution in [0.25, 0.3) is 0 Å². The van der Waals surface area contributed by atoms with Crippen LogP contribution in [0.5, 0.6) is 0 Å². The van der Waals surface area contributed by atoms with Crippen molar-refractivity contribution in [1.82, 2.24) is 0 Å². The van der Waals surface area contributed by atoms with Crippen molar-refractivity contribution in [3.63, 3.8) is 0 Å². The largest absolute Gasteiger partial charge is 0.482 e. The maximum atomic E-state index is 11.1. The Morgan fingerprint density at radius 3 is 2.53 bits per heavy atom. The number of hydrogen-bond donors (Lipinski definition) is 2. The first kappa shape index (κ1) is 11.8. The summed E-state index contributed by atoms with van der Waals surface area (Å²) in [5, 5.41) is 8.84. The van der Waals surface area contributed by atoms with E-state index in [1.807, 2.05) is 6.92 Å². The lowest BCUT2D eigenvalue weighted by Gasteiger charge is -2.12. The highest BCUT2D eigenvalue weighted by atomic mass is 27.0. The molecule has 1 rings (SSSR count). The molecular weight excluding hydrogens is 209 g/mol. The summed E-state index contributed by atoms with van der Waals surface area (Å²) >= 11 is 2.18. The topological polar surface area (TPSA) is 80.4 Å². The molecule has 0 aliphatic carbocycles. The van der Waals surface area contributed by atoms with Crippen LogP contribution >= 0.6 is 0 Å². The van der Waals surface area contributed by atoms with E-state index in [-0.39, 0.29) is 5.56 Å². The molecule has 0 aromatic heterocycles. The minimum atomic E-state index is -1.01. The van der Waals surface area contributed by atoms with Gasteiger partial charge in [0, 0.05) is 10.3 Å². The number of carbonyl (C=O) groups excluding carboxylic acids is 1. The van der Waals surface area contributed by atoms with Crippen LogP contribution in [-0.4, -0.2) is 33.3 Å². The number of carboxylic acids is 1. The number of benzene rings is 1. The number of aliphatic carboxylic acids is 1. The molecule has 4 nitrogen and oxygen atoms in total. The normalized spacial score (nSPS) is 12.1. The molecule has 0 aliphatic rings. The van der Waals surface area contributed by atoms with Gasteiger partial charge in [0.05, 0.1) is 0 Å². The van der Waals surface area contributed by atoms with Crippen LogP contribution < -0.4 is 5.73 Å². The van der Waals surface area contributed by atoms with Crippen LogP contribution in [-0.2, 0) is 4.79 Å². The molecule has 2 radical (unpaired) electrons. The van der Waals surface area contributed by atoms with E-state index in [1.54, 1.807) is 18.2 Å². The Hall–Kier alpha value is -1.31. The third-order valence-electron chi connectivity index (χ3n) is 2.08. The maximum Gasteiger partial charge on any atom is 0.294 e. The van der Waals surface area contributed by atoms with E-state index in [9.17, 15) is 9.59 Å². The molecule has 0 aliphatic heterocycles. The predicted octanol–water partition coefficient (Wildman–Crippen LogP) is 0.388. The average molecular weight is 219 g/mol. The number of carbonyl (C=O) groups is 2. The first-order valence-electron chi connectivity index (χ1n) is 4.32. The summed E-state index contributed by atoms with van der Waals surface area (Å²) in [5.41, 5.74) is 6.73. The van der Waals surface area contributed by atoms with Gasteiger partial charge in [-0.15, -0.1) is 0 Å². The summed E-state index contributed by atoms with van der Waals surface area (Å²) in [4.78, 5) is 21.9. The maximum absolute atomic E-state index is 11.1. The monoisotopic (exact) mass is 219 g/mol. The van der Waals surface area contributed by atoms with Gasteiger partial charge in [0.2, 0.25) is 5.91 Å². The van der Waals surface area contributed by atoms with E-state index >= 15 is 0 Å². The number of hydrogen-bond acceptors (Lipinski definition) is 2. The molecule has 1 amide bonds. The second kappa shape index (κ2) is 4.47. The summed E-state index contributed by atoms with van der Waals surface area (Å²) < 4.78 is -0.812. The minimum Gasteiger partial charge on any atom is -0.482 e. The first-order valence-corrected chi connectivity index (χ1v) is 4.99. The molecule has 1 atom stereocenters. The lowest BCUT2D eigenvalue weighted by Crippen LogP contribution is -2.19. The first-order chi connectivity index (χ1) is 6.93. The molecule has 0 saturated heterocycles. The van der Waals surface area contributed by atoms with Gasteiger partial charge in [-0.3, -0.25) is 9.59 Å². The van der Waals surface area contributed by atoms with Crippen molar-refractivity contribution in [2.24, 2.45) is 5.73 Å². The van der Waals surface area contributed by atoms with Gasteiger partial charge in [0.15, 0.2) is 16.3 Å². The van der Waals surface area contributed by atoms with Gasteiger partial charge >= 0.3 is 0 Å². The highest BCUT2D eigenvalue weighted by molar-refractivity contribution is 6.23. The second-order valence-corrected chi connectivity index (χ2v) is 3.94. The Bertz CT molecular complexity index is 417. The van der Waals surface area contributed by atoms with Crippen molar-refractivity contribution in [1.29, 1.82) is 0 Å². The lowest BCUT2D eigenvalue weighted by atomic mass is 10.0. The fraction of sp³-hybridized carbons (Fsp3) is 0.200. The number of rotatable bonds is 3. The molecule has 0 spiro atoms. The molecular formula is C10H10AlNO3. The van der Waals surface area contributed by atoms with Crippen LogP contribution in [0.3, 0.4) is 0 Å². The smallest absolute Gasteiger partial charge is 0.294 e. The highest BCUT2D eigenvalue weighted by Gasteiger charge is 2.18. The van der Waals surface area contributed by atoms with Crippen molar-refractivity contribution < 1.29 is 14.7 Å². The Morgan fingerprint density at radius 2 is 2.07 bits per heavy atom. The second-order valence-electron chi connectivity index (χ2n) is 3.27. The molecule has 15 heavy (non-hydrogen) atoms. The van der Waals surface area contributed by atoms with Crippen molar-refractivity contribution in [3.8, 4) is 0 Å². The summed E-state index contributed by atoms with van der Waals surface area (Å²) in [6, 6.07) is 4.96. The number of primary amides is 1. The molecule has 0 fully saturated rings. The van der Waals surface area contributed by atoms with Crippen LogP contribution in [0.2, 0.25) is 0 Å². The Kier molecular flexibility index (Phi) is 3.51. The van der Waals surface area contributed by atoms with Gasteiger partial charge in [-0.2, -0.15) is 0 Å². The molecule has 0 saturated carbocycles. The minimum absolute atomic E-state index is 0.261. The Labute approximate surface area is 95.5 Å². The molecule has 5 heteroatoms. The van der Waals surface area contributed by atoms with Gasteiger partial charge in [0.1, 0.15) is 0 Å². The van der Waals surface area contributed by atoms with Gasteiger partial charge < -0.3 is 10.8 Å². The molecule has 1 aromatic rings. The number of amides is 1. The summed E-state index contributed by atoms with van der Waals surface area (Å²) in [6.45, 7) is 1.81. The molecule has 1 aromatic carbocycles. The van der Waals surface area contributed by atoms with Crippen LogP contribution in [0.4, 0.5) is 0 Å². The van der Waals surface area contributed by atoms with Crippen molar-refractivity contribution in [3.05, 3.63) is 34.9 Å². The van der Waals surface area contributed by atoms with Crippen LogP contribution in [0.15, 0.2) is 18.2 Å². The van der Waals surface area contributed by atoms with Crippen molar-refractivity contribution >= 4 is 28.2 Å². The fourth-order valence-corrected chi connectivity index (χ4v) is 1.58. The molecule has 1 unspecified atom stereocenters. The third kappa shape index (κ3) is 2.59. The average Bonchev–Trinajstić information content (AvgIpc) is 2.16. The highest BCUT2D eigenvalue weighted by Crippen LogP contribution is 2.19. The van der Waals surface area contributed by atoms with Gasteiger partial charge in [0.25, 0.3) is 5.97 Å². The summed E-state index contributed by atoms with van der Waals surface area (Å²) in [6.07, 6.45) is 0. The zero-order chi connectivity index (χ0) is 11.6. The zero-order valence-electron chi connectivity index (χ0n) is 8.23. The predicted molar refractivity (Wildman–Crippen MR) is 55.8 cm³/mol. The quantitative estimate of drug-likeness (QED) is 0.721. The van der Waals surface area contributed by atoms with Gasteiger partial charge in [-0.05, 0) is 18.6 Å². The van der Waals surface area contributed by atoms with Gasteiger partial charge in [-0.1, -0.05) is 17.7 Å². The third-order valence-corrected chi connectivity index (χ3v) is 2.72. The number of aryl methyl sites for hydroxylation is 1. The molecule has 3 N–H and O–H groups in total. The Balaban J connectivity index is 3.28. The van der Waals surface area contributed by atoms with E-state index in [1.165, 1.54) is 0 Å². The van der Waals surface area contributed by atoms with E-state index < -0.39 is 16.7 Å². The standard InChI is InChI=1S/C10H10NO3.Al/c1-6-2-3-7(5-9(12)13)8(4-6)10(11)14;/h2-5H,1H3,(H2,11,14)(H,12,13);. The number of nitrogens with two attached hydrogens (primary N) is 1. The Morgan fingerprint density at radius 1 is 1.47 bits per heavy atom.